The Labute approximate surface area is 119 Å². The van der Waals surface area contributed by atoms with E-state index in [1.165, 1.54) is 0 Å². The summed E-state index contributed by atoms with van der Waals surface area (Å²) in [6.45, 7) is 7.01. The molecule has 1 heterocycles. The summed E-state index contributed by atoms with van der Waals surface area (Å²) in [5, 5.41) is 3.29. The highest BCUT2D eigenvalue weighted by atomic mass is 32.2. The monoisotopic (exact) mass is 282 g/mol. The number of ether oxygens (including phenoxy) is 1. The van der Waals surface area contributed by atoms with Crippen molar-refractivity contribution < 1.29 is 9.53 Å². The summed E-state index contributed by atoms with van der Waals surface area (Å²) >= 11 is 1.63. The van der Waals surface area contributed by atoms with Gasteiger partial charge in [-0.05, 0) is 38.9 Å². The molecule has 0 saturated carbocycles. The first-order chi connectivity index (χ1) is 9.12. The van der Waals surface area contributed by atoms with Crippen LogP contribution in [0.2, 0.25) is 0 Å². The van der Waals surface area contributed by atoms with E-state index < -0.39 is 5.54 Å². The second-order valence-electron chi connectivity index (χ2n) is 4.45. The Bertz CT molecular complexity index is 386. The average molecular weight is 282 g/mol. The van der Waals surface area contributed by atoms with Crippen molar-refractivity contribution in [2.24, 2.45) is 0 Å². The second-order valence-corrected chi connectivity index (χ2v) is 5.50. The molecule has 1 atom stereocenters. The SMILES string of the molecule is CCCNC(C)(CSc1ccncc1)C(=O)OCC. The summed E-state index contributed by atoms with van der Waals surface area (Å²) in [6.07, 6.45) is 4.49. The number of hydrogen-bond donors (Lipinski definition) is 1. The molecule has 1 unspecified atom stereocenters. The lowest BCUT2D eigenvalue weighted by atomic mass is 10.1. The zero-order valence-corrected chi connectivity index (χ0v) is 12.6. The van der Waals surface area contributed by atoms with E-state index >= 15 is 0 Å². The van der Waals surface area contributed by atoms with Crippen LogP contribution in [0.25, 0.3) is 0 Å². The van der Waals surface area contributed by atoms with Crippen LogP contribution in [-0.2, 0) is 9.53 Å². The van der Waals surface area contributed by atoms with E-state index in [1.807, 2.05) is 26.0 Å². The first-order valence-electron chi connectivity index (χ1n) is 6.57. The fraction of sp³-hybridized carbons (Fsp3) is 0.571. The molecule has 19 heavy (non-hydrogen) atoms. The number of thioether (sulfide) groups is 1. The highest BCUT2D eigenvalue weighted by molar-refractivity contribution is 7.99. The van der Waals surface area contributed by atoms with Crippen molar-refractivity contribution in [3.05, 3.63) is 24.5 Å². The van der Waals surface area contributed by atoms with Crippen LogP contribution in [0.1, 0.15) is 27.2 Å². The molecule has 0 spiro atoms. The van der Waals surface area contributed by atoms with Crippen LogP contribution in [0, 0.1) is 0 Å². The minimum atomic E-state index is -0.653. The smallest absolute Gasteiger partial charge is 0.326 e. The molecular weight excluding hydrogens is 260 g/mol. The maximum Gasteiger partial charge on any atom is 0.326 e. The maximum absolute atomic E-state index is 12.1. The van der Waals surface area contributed by atoms with E-state index in [9.17, 15) is 4.79 Å². The molecule has 0 aromatic carbocycles. The van der Waals surface area contributed by atoms with E-state index in [4.69, 9.17) is 4.74 Å². The maximum atomic E-state index is 12.1. The minimum absolute atomic E-state index is 0.190. The Morgan fingerprint density at radius 2 is 2.11 bits per heavy atom. The molecule has 0 bridgehead atoms. The summed E-state index contributed by atoms with van der Waals surface area (Å²) in [6, 6.07) is 3.88. The number of rotatable bonds is 8. The molecule has 0 aliphatic heterocycles. The molecule has 1 rings (SSSR count). The summed E-state index contributed by atoms with van der Waals surface area (Å²) in [5.74, 6) is 0.445. The number of aromatic nitrogens is 1. The van der Waals surface area contributed by atoms with Gasteiger partial charge in [-0.25, -0.2) is 0 Å². The molecule has 0 radical (unpaired) electrons. The fourth-order valence-corrected chi connectivity index (χ4v) is 2.52. The first kappa shape index (κ1) is 16.0. The molecule has 0 fully saturated rings. The van der Waals surface area contributed by atoms with Gasteiger partial charge in [0.25, 0.3) is 0 Å². The summed E-state index contributed by atoms with van der Waals surface area (Å²) in [7, 11) is 0. The lowest BCUT2D eigenvalue weighted by Gasteiger charge is -2.28. The quantitative estimate of drug-likeness (QED) is 0.586. The van der Waals surface area contributed by atoms with Crippen molar-refractivity contribution in [2.45, 2.75) is 37.6 Å². The molecule has 5 heteroatoms. The Hall–Kier alpha value is -1.07. The van der Waals surface area contributed by atoms with Gasteiger partial charge in [0, 0.05) is 23.0 Å². The van der Waals surface area contributed by atoms with Crippen LogP contribution < -0.4 is 5.32 Å². The van der Waals surface area contributed by atoms with E-state index in [1.54, 1.807) is 24.2 Å². The van der Waals surface area contributed by atoms with Gasteiger partial charge in [0.05, 0.1) is 6.61 Å². The molecule has 4 nitrogen and oxygen atoms in total. The summed E-state index contributed by atoms with van der Waals surface area (Å²) in [4.78, 5) is 17.2. The van der Waals surface area contributed by atoms with Gasteiger partial charge in [0.15, 0.2) is 0 Å². The lowest BCUT2D eigenvalue weighted by molar-refractivity contribution is -0.149. The Balaban J connectivity index is 2.65. The zero-order chi connectivity index (χ0) is 14.1. The molecule has 1 N–H and O–H groups in total. The summed E-state index contributed by atoms with van der Waals surface area (Å²) in [5.41, 5.74) is -0.653. The molecule has 0 amide bonds. The van der Waals surface area contributed by atoms with Crippen LogP contribution in [0.4, 0.5) is 0 Å². The standard InChI is InChI=1S/C14H22N2O2S/c1-4-8-16-14(3,13(17)18-5-2)11-19-12-6-9-15-10-7-12/h6-7,9-10,16H,4-5,8,11H2,1-3H3. The summed E-state index contributed by atoms with van der Waals surface area (Å²) < 4.78 is 5.17. The van der Waals surface area contributed by atoms with Crippen LogP contribution in [0.15, 0.2) is 29.4 Å². The highest BCUT2D eigenvalue weighted by Gasteiger charge is 2.34. The largest absolute Gasteiger partial charge is 0.465 e. The van der Waals surface area contributed by atoms with E-state index in [2.05, 4.69) is 17.2 Å². The van der Waals surface area contributed by atoms with Gasteiger partial charge in [0.1, 0.15) is 5.54 Å². The van der Waals surface area contributed by atoms with Gasteiger partial charge in [0.2, 0.25) is 0 Å². The minimum Gasteiger partial charge on any atom is -0.465 e. The fourth-order valence-electron chi connectivity index (χ4n) is 1.54. The third kappa shape index (κ3) is 5.20. The van der Waals surface area contributed by atoms with Gasteiger partial charge in [-0.1, -0.05) is 6.92 Å². The number of nitrogens with zero attached hydrogens (tertiary/aromatic N) is 1. The predicted molar refractivity (Wildman–Crippen MR) is 78.3 cm³/mol. The number of nitrogens with one attached hydrogen (secondary N) is 1. The average Bonchev–Trinajstić information content (AvgIpc) is 2.44. The molecule has 0 saturated heterocycles. The topological polar surface area (TPSA) is 51.2 Å². The van der Waals surface area contributed by atoms with Crippen LogP contribution in [-0.4, -0.2) is 35.4 Å². The highest BCUT2D eigenvalue weighted by Crippen LogP contribution is 2.23. The molecule has 0 aliphatic rings. The third-order valence-electron chi connectivity index (χ3n) is 2.67. The number of hydrogen-bond acceptors (Lipinski definition) is 5. The van der Waals surface area contributed by atoms with E-state index in [0.717, 1.165) is 17.9 Å². The van der Waals surface area contributed by atoms with Crippen LogP contribution >= 0.6 is 11.8 Å². The lowest BCUT2D eigenvalue weighted by Crippen LogP contribution is -2.52. The van der Waals surface area contributed by atoms with Crippen molar-refractivity contribution >= 4 is 17.7 Å². The van der Waals surface area contributed by atoms with Gasteiger partial charge in [-0.15, -0.1) is 11.8 Å². The number of carbonyl (C=O) groups excluding carboxylic acids is 1. The predicted octanol–water partition coefficient (Wildman–Crippen LogP) is 2.50. The van der Waals surface area contributed by atoms with Crippen molar-refractivity contribution in [1.29, 1.82) is 0 Å². The first-order valence-corrected chi connectivity index (χ1v) is 7.56. The number of carbonyl (C=O) groups is 1. The van der Waals surface area contributed by atoms with Crippen LogP contribution in [0.5, 0.6) is 0 Å². The Morgan fingerprint density at radius 1 is 1.42 bits per heavy atom. The van der Waals surface area contributed by atoms with Crippen molar-refractivity contribution in [2.75, 3.05) is 18.9 Å². The third-order valence-corrected chi connectivity index (χ3v) is 4.00. The molecule has 1 aromatic heterocycles. The zero-order valence-electron chi connectivity index (χ0n) is 11.8. The van der Waals surface area contributed by atoms with Gasteiger partial charge >= 0.3 is 5.97 Å². The van der Waals surface area contributed by atoms with Gasteiger partial charge in [-0.2, -0.15) is 0 Å². The molecule has 0 aliphatic carbocycles. The number of esters is 1. The Morgan fingerprint density at radius 3 is 2.68 bits per heavy atom. The van der Waals surface area contributed by atoms with Crippen molar-refractivity contribution in [3.8, 4) is 0 Å². The van der Waals surface area contributed by atoms with Crippen LogP contribution in [0.3, 0.4) is 0 Å². The molecule has 1 aromatic rings. The molecule has 106 valence electrons. The Kier molecular flexibility index (Phi) is 6.87. The molecular formula is C14H22N2O2S. The van der Waals surface area contributed by atoms with E-state index in [0.29, 0.717) is 12.4 Å². The van der Waals surface area contributed by atoms with E-state index in [-0.39, 0.29) is 5.97 Å². The van der Waals surface area contributed by atoms with Gasteiger partial charge < -0.3 is 10.1 Å². The normalized spacial score (nSPS) is 13.8. The number of pyridine rings is 1. The van der Waals surface area contributed by atoms with Crippen molar-refractivity contribution in [3.63, 3.8) is 0 Å². The van der Waals surface area contributed by atoms with Crippen molar-refractivity contribution in [1.82, 2.24) is 10.3 Å². The second kappa shape index (κ2) is 8.17. The van der Waals surface area contributed by atoms with Gasteiger partial charge in [-0.3, -0.25) is 9.78 Å².